The number of nitrogens with zero attached hydrogens (tertiary/aromatic N) is 3. The first kappa shape index (κ1) is 14.2. The van der Waals surface area contributed by atoms with Gasteiger partial charge in [0.05, 0.1) is 6.42 Å². The molecule has 1 aromatic carbocycles. The van der Waals surface area contributed by atoms with Crippen LogP contribution in [0.1, 0.15) is 11.3 Å². The molecule has 0 spiro atoms. The fourth-order valence-electron chi connectivity index (χ4n) is 2.89. The van der Waals surface area contributed by atoms with E-state index in [1.165, 1.54) is 4.52 Å². The Morgan fingerprint density at radius 1 is 1.29 bits per heavy atom. The summed E-state index contributed by atoms with van der Waals surface area (Å²) in [6, 6.07) is 7.59. The van der Waals surface area contributed by atoms with Crippen LogP contribution < -0.4 is 5.56 Å². The van der Waals surface area contributed by atoms with Crippen LogP contribution in [0.3, 0.4) is 0 Å². The second-order valence-electron chi connectivity index (χ2n) is 5.55. The Bertz CT molecular complexity index is 1150. The standard InChI is InChI=1S/C16H13N5O3/c1-8-10(6-13(22)23)15-19-18-14(16(24)21(15)20-8)11-7-17-12-5-3-2-4-9(11)12/h2-5,7,17,20H,6H2,1H3,(H,22,23). The molecular weight excluding hydrogens is 310 g/mol. The normalized spacial score (nSPS) is 11.4. The minimum atomic E-state index is -0.991. The highest BCUT2D eigenvalue weighted by atomic mass is 16.4. The van der Waals surface area contributed by atoms with Gasteiger partial charge in [-0.05, 0) is 13.0 Å². The van der Waals surface area contributed by atoms with Crippen LogP contribution in [-0.4, -0.2) is 35.9 Å². The van der Waals surface area contributed by atoms with Crippen LogP contribution in [0, 0.1) is 6.92 Å². The van der Waals surface area contributed by atoms with E-state index < -0.39 is 5.97 Å². The summed E-state index contributed by atoms with van der Waals surface area (Å²) in [5.41, 5.74) is 2.66. The Kier molecular flexibility index (Phi) is 2.99. The lowest BCUT2D eigenvalue weighted by Gasteiger charge is -1.99. The van der Waals surface area contributed by atoms with Gasteiger partial charge in [-0.15, -0.1) is 10.2 Å². The predicted molar refractivity (Wildman–Crippen MR) is 87.0 cm³/mol. The van der Waals surface area contributed by atoms with Gasteiger partial charge in [-0.25, -0.2) is 0 Å². The number of H-pyrrole nitrogens is 2. The Balaban J connectivity index is 1.97. The summed E-state index contributed by atoms with van der Waals surface area (Å²) in [4.78, 5) is 26.9. The minimum absolute atomic E-state index is 0.202. The summed E-state index contributed by atoms with van der Waals surface area (Å²) in [5.74, 6) is -0.991. The molecule has 0 radical (unpaired) electrons. The van der Waals surface area contributed by atoms with Gasteiger partial charge in [0.1, 0.15) is 0 Å². The molecule has 3 heterocycles. The maximum Gasteiger partial charge on any atom is 0.308 e. The summed E-state index contributed by atoms with van der Waals surface area (Å²) in [6.45, 7) is 1.71. The van der Waals surface area contributed by atoms with Crippen LogP contribution >= 0.6 is 0 Å². The second-order valence-corrected chi connectivity index (χ2v) is 5.55. The summed E-state index contributed by atoms with van der Waals surface area (Å²) < 4.78 is 1.25. The predicted octanol–water partition coefficient (Wildman–Crippen LogP) is 1.50. The molecular formula is C16H13N5O3. The van der Waals surface area contributed by atoms with Crippen molar-refractivity contribution in [1.29, 1.82) is 0 Å². The molecule has 3 N–H and O–H groups in total. The molecule has 0 amide bonds. The molecule has 120 valence electrons. The van der Waals surface area contributed by atoms with Crippen molar-refractivity contribution in [3.8, 4) is 11.3 Å². The van der Waals surface area contributed by atoms with Crippen molar-refractivity contribution < 1.29 is 9.90 Å². The Labute approximate surface area is 134 Å². The van der Waals surface area contributed by atoms with Crippen molar-refractivity contribution in [3.05, 3.63) is 52.1 Å². The largest absolute Gasteiger partial charge is 0.481 e. The summed E-state index contributed by atoms with van der Waals surface area (Å²) in [7, 11) is 0. The average Bonchev–Trinajstić information content (AvgIpc) is 3.11. The molecule has 3 aromatic heterocycles. The molecule has 24 heavy (non-hydrogen) atoms. The van der Waals surface area contributed by atoms with Gasteiger partial charge in [0, 0.05) is 33.9 Å². The molecule has 0 bridgehead atoms. The molecule has 0 aliphatic carbocycles. The Hall–Kier alpha value is -3.42. The molecule has 0 aliphatic heterocycles. The van der Waals surface area contributed by atoms with E-state index in [4.69, 9.17) is 5.11 Å². The van der Waals surface area contributed by atoms with Crippen molar-refractivity contribution in [2.45, 2.75) is 13.3 Å². The average molecular weight is 323 g/mol. The van der Waals surface area contributed by atoms with Gasteiger partial charge in [0.25, 0.3) is 5.56 Å². The monoisotopic (exact) mass is 323 g/mol. The zero-order valence-electron chi connectivity index (χ0n) is 12.7. The third-order valence-corrected chi connectivity index (χ3v) is 4.04. The maximum atomic E-state index is 12.8. The molecule has 0 unspecified atom stereocenters. The van der Waals surface area contributed by atoms with Crippen LogP contribution in [0.15, 0.2) is 35.3 Å². The molecule has 4 rings (SSSR count). The number of aromatic nitrogens is 5. The number of carboxylic acids is 1. The fourth-order valence-corrected chi connectivity index (χ4v) is 2.89. The smallest absolute Gasteiger partial charge is 0.308 e. The SMILES string of the molecule is Cc1[nH]n2c(=O)c(-c3c[nH]c4ccccc34)nnc2c1CC(=O)O. The number of aromatic amines is 2. The van der Waals surface area contributed by atoms with E-state index in [1.54, 1.807) is 13.1 Å². The molecule has 0 aliphatic rings. The zero-order valence-corrected chi connectivity index (χ0v) is 12.7. The number of fused-ring (bicyclic) bond motifs is 2. The van der Waals surface area contributed by atoms with Gasteiger partial charge in [-0.2, -0.15) is 4.52 Å². The number of nitrogens with one attached hydrogen (secondary N) is 2. The number of hydrogen-bond donors (Lipinski definition) is 3. The number of aliphatic carboxylic acids is 1. The number of benzene rings is 1. The lowest BCUT2D eigenvalue weighted by molar-refractivity contribution is -0.136. The Morgan fingerprint density at radius 3 is 2.88 bits per heavy atom. The van der Waals surface area contributed by atoms with E-state index in [9.17, 15) is 9.59 Å². The molecule has 0 fully saturated rings. The molecule has 8 heteroatoms. The van der Waals surface area contributed by atoms with Gasteiger partial charge in [0.2, 0.25) is 0 Å². The van der Waals surface area contributed by atoms with Gasteiger partial charge < -0.3 is 10.1 Å². The number of hydrogen-bond acceptors (Lipinski definition) is 4. The lowest BCUT2D eigenvalue weighted by Crippen LogP contribution is -2.19. The van der Waals surface area contributed by atoms with Crippen molar-refractivity contribution in [2.75, 3.05) is 0 Å². The molecule has 0 atom stereocenters. The number of carbonyl (C=O) groups is 1. The van der Waals surface area contributed by atoms with E-state index in [-0.39, 0.29) is 23.3 Å². The number of aryl methyl sites for hydroxylation is 1. The lowest BCUT2D eigenvalue weighted by atomic mass is 10.1. The first-order valence-electron chi connectivity index (χ1n) is 7.31. The maximum absolute atomic E-state index is 12.8. The van der Waals surface area contributed by atoms with E-state index >= 15 is 0 Å². The van der Waals surface area contributed by atoms with Crippen LogP contribution in [0.5, 0.6) is 0 Å². The van der Waals surface area contributed by atoms with Gasteiger partial charge in [-0.3, -0.25) is 14.7 Å². The number of rotatable bonds is 3. The van der Waals surface area contributed by atoms with Crippen molar-refractivity contribution >= 4 is 22.5 Å². The Morgan fingerprint density at radius 2 is 2.08 bits per heavy atom. The van der Waals surface area contributed by atoms with Crippen LogP contribution in [0.25, 0.3) is 27.8 Å². The molecule has 0 saturated heterocycles. The highest BCUT2D eigenvalue weighted by Crippen LogP contribution is 2.25. The first-order chi connectivity index (χ1) is 11.6. The third-order valence-electron chi connectivity index (χ3n) is 4.04. The van der Waals surface area contributed by atoms with E-state index in [0.29, 0.717) is 16.8 Å². The van der Waals surface area contributed by atoms with E-state index in [0.717, 1.165) is 10.9 Å². The summed E-state index contributed by atoms with van der Waals surface area (Å²) in [5, 5.41) is 20.9. The van der Waals surface area contributed by atoms with Crippen LogP contribution in [-0.2, 0) is 11.2 Å². The number of carboxylic acid groups (broad SMARTS) is 1. The molecule has 4 aromatic rings. The van der Waals surface area contributed by atoms with Gasteiger partial charge >= 0.3 is 5.97 Å². The molecule has 0 saturated carbocycles. The summed E-state index contributed by atoms with van der Waals surface area (Å²) >= 11 is 0. The van der Waals surface area contributed by atoms with Gasteiger partial charge in [0.15, 0.2) is 11.3 Å². The van der Waals surface area contributed by atoms with E-state index in [1.807, 2.05) is 24.3 Å². The molecule has 8 nitrogen and oxygen atoms in total. The fraction of sp³-hybridized carbons (Fsp3) is 0.125. The van der Waals surface area contributed by atoms with Crippen molar-refractivity contribution in [1.82, 2.24) is 24.8 Å². The zero-order chi connectivity index (χ0) is 16.8. The minimum Gasteiger partial charge on any atom is -0.481 e. The third kappa shape index (κ3) is 2.00. The van der Waals surface area contributed by atoms with E-state index in [2.05, 4.69) is 20.3 Å². The van der Waals surface area contributed by atoms with Crippen LogP contribution in [0.2, 0.25) is 0 Å². The van der Waals surface area contributed by atoms with Crippen molar-refractivity contribution in [2.24, 2.45) is 0 Å². The second kappa shape index (κ2) is 5.05. The topological polar surface area (TPSA) is 116 Å². The summed E-state index contributed by atoms with van der Waals surface area (Å²) in [6.07, 6.45) is 1.50. The van der Waals surface area contributed by atoms with Gasteiger partial charge in [-0.1, -0.05) is 18.2 Å². The highest BCUT2D eigenvalue weighted by molar-refractivity contribution is 5.94. The number of para-hydroxylation sites is 1. The first-order valence-corrected chi connectivity index (χ1v) is 7.31. The van der Waals surface area contributed by atoms with Crippen LogP contribution in [0.4, 0.5) is 0 Å². The highest BCUT2D eigenvalue weighted by Gasteiger charge is 2.19. The quantitative estimate of drug-likeness (QED) is 0.528. The van der Waals surface area contributed by atoms with Crippen molar-refractivity contribution in [3.63, 3.8) is 0 Å².